The van der Waals surface area contributed by atoms with E-state index in [-0.39, 0.29) is 5.75 Å². The second kappa shape index (κ2) is 17.1. The van der Waals surface area contributed by atoms with Crippen LogP contribution in [-0.2, 0) is 6.61 Å². The molecule has 0 aliphatic rings. The maximum Gasteiger partial charge on any atom is 0.165 e. The third-order valence-electron chi connectivity index (χ3n) is 8.77. The Morgan fingerprint density at radius 3 is 2.06 bits per heavy atom. The number of aromatic hydroxyl groups is 1. The van der Waals surface area contributed by atoms with Crippen molar-refractivity contribution in [2.75, 3.05) is 53.4 Å². The predicted molar refractivity (Wildman–Crippen MR) is 212 cm³/mol. The Labute approximate surface area is 316 Å². The summed E-state index contributed by atoms with van der Waals surface area (Å²) in [6, 6.07) is 30.6. The Balaban J connectivity index is 1.37. The van der Waals surface area contributed by atoms with E-state index in [0.717, 1.165) is 34.7 Å². The standard InChI is InChI=1S/C43H47N5O6/c1-8-52-40-24-33(38(51-7)26-41(40)53-20-19-47(4)5)34-15-12-16-42(45-34)44-31-21-35(46-43(22-31)48-28(2)17-18-29(48)3)32-23-36(49)39(25-37(32)50-6)54-27-30-13-10-9-11-14-30/h9-18,21-26,49H,8,19-20,27H2,1-7H3,(H,44,45,46). The lowest BCUT2D eigenvalue weighted by atomic mass is 10.1. The molecule has 54 heavy (non-hydrogen) atoms. The van der Waals surface area contributed by atoms with Crippen molar-refractivity contribution in [3.05, 3.63) is 114 Å². The van der Waals surface area contributed by atoms with Crippen molar-refractivity contribution in [3.8, 4) is 62.8 Å². The van der Waals surface area contributed by atoms with E-state index in [1.807, 2.05) is 108 Å². The van der Waals surface area contributed by atoms with Gasteiger partial charge in [-0.05, 0) is 82.9 Å². The number of hydrogen-bond acceptors (Lipinski definition) is 10. The Morgan fingerprint density at radius 1 is 0.685 bits per heavy atom. The van der Waals surface area contributed by atoms with Crippen molar-refractivity contribution < 1.29 is 28.8 Å². The van der Waals surface area contributed by atoms with Crippen LogP contribution in [0.5, 0.6) is 34.5 Å². The molecule has 3 aromatic carbocycles. The molecule has 6 rings (SSSR count). The van der Waals surface area contributed by atoms with Gasteiger partial charge in [0.05, 0.1) is 32.2 Å². The molecule has 0 fully saturated rings. The van der Waals surface area contributed by atoms with Gasteiger partial charge in [0.1, 0.15) is 36.3 Å². The SMILES string of the molecule is CCOc1cc(-c2cccc(Nc3cc(-c4cc(O)c(OCc5ccccc5)cc4OC)nc(-n4c(C)ccc4C)c3)n2)c(OC)cc1OCCN(C)C. The van der Waals surface area contributed by atoms with Crippen molar-refractivity contribution >= 4 is 11.5 Å². The number of aromatic nitrogens is 3. The van der Waals surface area contributed by atoms with E-state index in [2.05, 4.69) is 26.9 Å². The molecule has 0 amide bonds. The third kappa shape index (κ3) is 8.70. The second-order valence-electron chi connectivity index (χ2n) is 13.0. The molecular weight excluding hydrogens is 683 g/mol. The molecule has 6 aromatic rings. The molecule has 0 saturated heterocycles. The highest BCUT2D eigenvalue weighted by Gasteiger charge is 2.19. The normalized spacial score (nSPS) is 11.0. The van der Waals surface area contributed by atoms with Gasteiger partial charge in [-0.3, -0.25) is 0 Å². The van der Waals surface area contributed by atoms with Crippen LogP contribution in [0.2, 0.25) is 0 Å². The smallest absolute Gasteiger partial charge is 0.165 e. The topological polar surface area (TPSA) is 112 Å². The first-order valence-electron chi connectivity index (χ1n) is 17.8. The Kier molecular flexibility index (Phi) is 11.9. The van der Waals surface area contributed by atoms with Crippen molar-refractivity contribution in [3.63, 3.8) is 0 Å². The molecule has 11 heteroatoms. The summed E-state index contributed by atoms with van der Waals surface area (Å²) >= 11 is 0. The summed E-state index contributed by atoms with van der Waals surface area (Å²) in [5.41, 5.74) is 6.37. The van der Waals surface area contributed by atoms with Crippen molar-refractivity contribution in [2.24, 2.45) is 0 Å². The van der Waals surface area contributed by atoms with E-state index in [9.17, 15) is 5.11 Å². The van der Waals surface area contributed by atoms with Gasteiger partial charge in [0.25, 0.3) is 0 Å². The quantitative estimate of drug-likeness (QED) is 0.100. The first kappa shape index (κ1) is 37.6. The van der Waals surface area contributed by atoms with Crippen molar-refractivity contribution in [1.29, 1.82) is 0 Å². The van der Waals surface area contributed by atoms with Crippen LogP contribution < -0.4 is 29.0 Å². The van der Waals surface area contributed by atoms with Gasteiger partial charge in [-0.25, -0.2) is 9.97 Å². The van der Waals surface area contributed by atoms with Crippen LogP contribution in [0.15, 0.2) is 97.1 Å². The first-order chi connectivity index (χ1) is 26.2. The van der Waals surface area contributed by atoms with Gasteiger partial charge in [-0.15, -0.1) is 0 Å². The number of phenols is 1. The number of aryl methyl sites for hydroxylation is 2. The van der Waals surface area contributed by atoms with Crippen molar-refractivity contribution in [1.82, 2.24) is 19.4 Å². The Hall–Kier alpha value is -6.20. The van der Waals surface area contributed by atoms with E-state index in [1.165, 1.54) is 0 Å². The molecule has 0 bridgehead atoms. The van der Waals surface area contributed by atoms with E-state index in [1.54, 1.807) is 26.4 Å². The highest BCUT2D eigenvalue weighted by Crippen LogP contribution is 2.42. The van der Waals surface area contributed by atoms with E-state index >= 15 is 0 Å². The molecule has 0 saturated carbocycles. The number of nitrogens with zero attached hydrogens (tertiary/aromatic N) is 4. The van der Waals surface area contributed by atoms with Crippen LogP contribution in [0.3, 0.4) is 0 Å². The summed E-state index contributed by atoms with van der Waals surface area (Å²) in [5.74, 6) is 3.90. The molecule has 0 radical (unpaired) electrons. The van der Waals surface area contributed by atoms with Gasteiger partial charge in [0.15, 0.2) is 23.0 Å². The average molecular weight is 730 g/mol. The minimum atomic E-state index is -0.0272. The zero-order valence-electron chi connectivity index (χ0n) is 31.8. The van der Waals surface area contributed by atoms with E-state index in [0.29, 0.717) is 77.2 Å². The Morgan fingerprint density at radius 2 is 1.37 bits per heavy atom. The number of nitrogens with one attached hydrogen (secondary N) is 1. The monoisotopic (exact) mass is 729 g/mol. The predicted octanol–water partition coefficient (Wildman–Crippen LogP) is 8.60. The number of likely N-dealkylation sites (N-methyl/N-ethyl adjacent to an activating group) is 1. The summed E-state index contributed by atoms with van der Waals surface area (Å²) < 4.78 is 31.8. The van der Waals surface area contributed by atoms with Crippen LogP contribution >= 0.6 is 0 Å². The van der Waals surface area contributed by atoms with Crippen LogP contribution in [0, 0.1) is 13.8 Å². The fraction of sp³-hybridized carbons (Fsp3) is 0.256. The molecule has 2 N–H and O–H groups in total. The van der Waals surface area contributed by atoms with Gasteiger partial charge < -0.3 is 43.6 Å². The summed E-state index contributed by atoms with van der Waals surface area (Å²) in [6.07, 6.45) is 0. The first-order valence-corrected chi connectivity index (χ1v) is 17.8. The molecule has 0 unspecified atom stereocenters. The van der Waals surface area contributed by atoms with Gasteiger partial charge in [-0.1, -0.05) is 36.4 Å². The number of phenolic OH excluding ortho intramolecular Hbond substituents is 1. The van der Waals surface area contributed by atoms with Crippen LogP contribution in [0.25, 0.3) is 28.3 Å². The van der Waals surface area contributed by atoms with E-state index in [4.69, 9.17) is 33.7 Å². The molecule has 3 aromatic heterocycles. The number of methoxy groups -OCH3 is 2. The summed E-state index contributed by atoms with van der Waals surface area (Å²) in [4.78, 5) is 12.1. The fourth-order valence-electron chi connectivity index (χ4n) is 6.07. The zero-order chi connectivity index (χ0) is 38.2. The third-order valence-corrected chi connectivity index (χ3v) is 8.77. The highest BCUT2D eigenvalue weighted by molar-refractivity contribution is 5.77. The largest absolute Gasteiger partial charge is 0.504 e. The molecule has 3 heterocycles. The number of ether oxygens (including phenoxy) is 5. The Bertz CT molecular complexity index is 2180. The highest BCUT2D eigenvalue weighted by atomic mass is 16.5. The summed E-state index contributed by atoms with van der Waals surface area (Å²) in [7, 11) is 7.22. The number of hydrogen-bond donors (Lipinski definition) is 2. The van der Waals surface area contributed by atoms with Gasteiger partial charge >= 0.3 is 0 Å². The zero-order valence-corrected chi connectivity index (χ0v) is 31.8. The minimum Gasteiger partial charge on any atom is -0.504 e. The fourth-order valence-corrected chi connectivity index (χ4v) is 6.07. The second-order valence-corrected chi connectivity index (χ2v) is 13.0. The molecule has 0 spiro atoms. The summed E-state index contributed by atoms with van der Waals surface area (Å²) in [5, 5.41) is 14.6. The number of benzene rings is 3. The van der Waals surface area contributed by atoms with E-state index < -0.39 is 0 Å². The molecular formula is C43H47N5O6. The molecule has 0 atom stereocenters. The number of pyridine rings is 2. The number of anilines is 2. The van der Waals surface area contributed by atoms with Crippen LogP contribution in [0.1, 0.15) is 23.9 Å². The van der Waals surface area contributed by atoms with Gasteiger partial charge in [-0.2, -0.15) is 0 Å². The lowest BCUT2D eigenvalue weighted by Crippen LogP contribution is -2.19. The molecule has 280 valence electrons. The van der Waals surface area contributed by atoms with Crippen molar-refractivity contribution in [2.45, 2.75) is 27.4 Å². The average Bonchev–Trinajstić information content (AvgIpc) is 3.51. The maximum atomic E-state index is 11.1. The maximum absolute atomic E-state index is 11.1. The van der Waals surface area contributed by atoms with Gasteiger partial charge in [0, 0.05) is 52.9 Å². The van der Waals surface area contributed by atoms with Gasteiger partial charge in [0.2, 0.25) is 0 Å². The lowest BCUT2D eigenvalue weighted by Gasteiger charge is -2.18. The molecule has 0 aliphatic heterocycles. The lowest BCUT2D eigenvalue weighted by molar-refractivity contribution is 0.243. The molecule has 0 aliphatic carbocycles. The van der Waals surface area contributed by atoms with Crippen LogP contribution in [0.4, 0.5) is 11.5 Å². The summed E-state index contributed by atoms with van der Waals surface area (Å²) in [6.45, 7) is 8.04. The number of rotatable bonds is 16. The minimum absolute atomic E-state index is 0.0272. The molecule has 11 nitrogen and oxygen atoms in total. The van der Waals surface area contributed by atoms with Crippen LogP contribution in [-0.4, -0.2) is 72.6 Å².